The Morgan fingerprint density at radius 1 is 1.38 bits per heavy atom. The Kier molecular flexibility index (Phi) is 3.82. The summed E-state index contributed by atoms with van der Waals surface area (Å²) in [5.41, 5.74) is 0. The van der Waals surface area contributed by atoms with Gasteiger partial charge in [-0.15, -0.1) is 0 Å². The zero-order valence-corrected chi connectivity index (χ0v) is 12.0. The minimum Gasteiger partial charge on any atom is -0.467 e. The van der Waals surface area contributed by atoms with E-state index in [9.17, 15) is 4.79 Å². The third-order valence-corrected chi connectivity index (χ3v) is 7.93. The zero-order chi connectivity index (χ0) is 12.6. The smallest absolute Gasteiger partial charge is 0.337 e. The summed E-state index contributed by atoms with van der Waals surface area (Å²) in [6.45, 7) is 11.4. The van der Waals surface area contributed by atoms with Gasteiger partial charge in [0.05, 0.1) is 13.7 Å². The standard InChI is InChI=1S/C11H22O4Si/c1-11(2,3)16(5,6)14-7-8-9(15-8)10(12)13-4/h8-9H,7H2,1-6H3/t8-,9-/m0/s1. The summed E-state index contributed by atoms with van der Waals surface area (Å²) >= 11 is 0. The van der Waals surface area contributed by atoms with Crippen LogP contribution in [0.3, 0.4) is 0 Å². The molecule has 0 amide bonds. The molecule has 94 valence electrons. The Balaban J connectivity index is 2.35. The SMILES string of the molecule is COC(=O)[C@H]1O[C@H]1CO[Si](C)(C)C(C)(C)C. The highest BCUT2D eigenvalue weighted by molar-refractivity contribution is 6.74. The van der Waals surface area contributed by atoms with Gasteiger partial charge in [0.25, 0.3) is 0 Å². The highest BCUT2D eigenvalue weighted by atomic mass is 28.4. The Morgan fingerprint density at radius 3 is 2.38 bits per heavy atom. The fourth-order valence-electron chi connectivity index (χ4n) is 1.10. The van der Waals surface area contributed by atoms with Crippen molar-refractivity contribution in [3.05, 3.63) is 0 Å². The molecule has 2 atom stereocenters. The van der Waals surface area contributed by atoms with Crippen LogP contribution in [0.1, 0.15) is 20.8 Å². The fraction of sp³-hybridized carbons (Fsp3) is 0.909. The van der Waals surface area contributed by atoms with Gasteiger partial charge in [-0.25, -0.2) is 4.79 Å². The third-order valence-electron chi connectivity index (χ3n) is 3.43. The van der Waals surface area contributed by atoms with E-state index in [2.05, 4.69) is 38.6 Å². The summed E-state index contributed by atoms with van der Waals surface area (Å²) in [5, 5.41) is 0.183. The van der Waals surface area contributed by atoms with Gasteiger partial charge in [0, 0.05) is 0 Å². The van der Waals surface area contributed by atoms with E-state index in [0.717, 1.165) is 0 Å². The predicted octanol–water partition coefficient (Wildman–Crippen LogP) is 1.95. The average molecular weight is 246 g/mol. The third kappa shape index (κ3) is 3.05. The second kappa shape index (κ2) is 4.47. The zero-order valence-electron chi connectivity index (χ0n) is 11.0. The molecule has 4 nitrogen and oxygen atoms in total. The van der Waals surface area contributed by atoms with Gasteiger partial charge in [0.2, 0.25) is 0 Å². The highest BCUT2D eigenvalue weighted by Gasteiger charge is 2.48. The molecule has 0 spiro atoms. The normalized spacial score (nSPS) is 25.4. The number of carbonyl (C=O) groups is 1. The molecule has 0 N–H and O–H groups in total. The number of epoxide rings is 1. The molecule has 0 aromatic heterocycles. The molecule has 0 aliphatic carbocycles. The van der Waals surface area contributed by atoms with Crippen LogP contribution in [-0.2, 0) is 18.7 Å². The van der Waals surface area contributed by atoms with Gasteiger partial charge in [0.1, 0.15) is 6.10 Å². The van der Waals surface area contributed by atoms with Crippen LogP contribution in [0.15, 0.2) is 0 Å². The van der Waals surface area contributed by atoms with E-state index >= 15 is 0 Å². The molecule has 0 radical (unpaired) electrons. The molecule has 5 heteroatoms. The molecular formula is C11H22O4Si. The Hall–Kier alpha value is -0.393. The van der Waals surface area contributed by atoms with Crippen molar-refractivity contribution in [2.24, 2.45) is 0 Å². The van der Waals surface area contributed by atoms with Crippen LogP contribution in [0.5, 0.6) is 0 Å². The Morgan fingerprint density at radius 2 is 1.94 bits per heavy atom. The summed E-state index contributed by atoms with van der Waals surface area (Å²) in [7, 11) is -0.364. The number of carbonyl (C=O) groups excluding carboxylic acids is 1. The van der Waals surface area contributed by atoms with E-state index in [1.807, 2.05) is 0 Å². The molecule has 1 rings (SSSR count). The molecule has 1 saturated heterocycles. The fourth-order valence-corrected chi connectivity index (χ4v) is 2.11. The first-order valence-electron chi connectivity index (χ1n) is 5.56. The van der Waals surface area contributed by atoms with Gasteiger partial charge in [-0.2, -0.15) is 0 Å². The maximum absolute atomic E-state index is 11.1. The van der Waals surface area contributed by atoms with Crippen LogP contribution in [-0.4, -0.2) is 40.2 Å². The van der Waals surface area contributed by atoms with Gasteiger partial charge in [-0.05, 0) is 18.1 Å². The van der Waals surface area contributed by atoms with E-state index in [1.165, 1.54) is 7.11 Å². The lowest BCUT2D eigenvalue weighted by Crippen LogP contribution is -2.41. The van der Waals surface area contributed by atoms with E-state index in [4.69, 9.17) is 9.16 Å². The Bertz CT molecular complexity index is 270. The Labute approximate surface area is 98.4 Å². The summed E-state index contributed by atoms with van der Waals surface area (Å²) in [6.07, 6.45) is -0.517. The van der Waals surface area contributed by atoms with E-state index in [1.54, 1.807) is 0 Å². The van der Waals surface area contributed by atoms with E-state index in [0.29, 0.717) is 6.61 Å². The van der Waals surface area contributed by atoms with Crippen molar-refractivity contribution in [2.45, 2.75) is 51.1 Å². The van der Waals surface area contributed by atoms with Crippen molar-refractivity contribution in [1.29, 1.82) is 0 Å². The van der Waals surface area contributed by atoms with Gasteiger partial charge in [-0.1, -0.05) is 20.8 Å². The molecule has 0 unspecified atom stereocenters. The summed E-state index contributed by atoms with van der Waals surface area (Å²) in [6, 6.07) is 0. The topological polar surface area (TPSA) is 48.1 Å². The van der Waals surface area contributed by atoms with Crippen LogP contribution < -0.4 is 0 Å². The molecule has 1 heterocycles. The molecule has 0 aromatic carbocycles. The number of methoxy groups -OCH3 is 1. The van der Waals surface area contributed by atoms with Gasteiger partial charge in [-0.3, -0.25) is 0 Å². The number of esters is 1. The molecular weight excluding hydrogens is 224 g/mol. The van der Waals surface area contributed by atoms with Crippen LogP contribution in [0.25, 0.3) is 0 Å². The van der Waals surface area contributed by atoms with E-state index in [-0.39, 0.29) is 17.1 Å². The van der Waals surface area contributed by atoms with Crippen molar-refractivity contribution in [3.63, 3.8) is 0 Å². The minimum atomic E-state index is -1.73. The quantitative estimate of drug-likeness (QED) is 0.432. The largest absolute Gasteiger partial charge is 0.467 e. The molecule has 1 fully saturated rings. The maximum atomic E-state index is 11.1. The van der Waals surface area contributed by atoms with Crippen LogP contribution in [0.4, 0.5) is 0 Å². The maximum Gasteiger partial charge on any atom is 0.337 e. The lowest BCUT2D eigenvalue weighted by atomic mass is 10.2. The molecule has 0 aromatic rings. The molecule has 1 aliphatic rings. The van der Waals surface area contributed by atoms with Crippen LogP contribution in [0.2, 0.25) is 18.1 Å². The summed E-state index contributed by atoms with van der Waals surface area (Å²) < 4.78 is 15.7. The second-order valence-corrected chi connectivity index (χ2v) is 10.5. The van der Waals surface area contributed by atoms with Crippen molar-refractivity contribution in [2.75, 3.05) is 13.7 Å². The van der Waals surface area contributed by atoms with E-state index < -0.39 is 14.4 Å². The summed E-state index contributed by atoms with van der Waals surface area (Å²) in [4.78, 5) is 11.1. The number of hydrogen-bond acceptors (Lipinski definition) is 4. The number of hydrogen-bond donors (Lipinski definition) is 0. The predicted molar refractivity (Wildman–Crippen MR) is 63.8 cm³/mol. The molecule has 16 heavy (non-hydrogen) atoms. The molecule has 0 saturated carbocycles. The lowest BCUT2D eigenvalue weighted by Gasteiger charge is -2.35. The van der Waals surface area contributed by atoms with Gasteiger partial charge in [0.15, 0.2) is 14.4 Å². The monoisotopic (exact) mass is 246 g/mol. The number of ether oxygens (including phenoxy) is 2. The van der Waals surface area contributed by atoms with Crippen molar-refractivity contribution >= 4 is 14.3 Å². The minimum absolute atomic E-state index is 0.110. The highest BCUT2D eigenvalue weighted by Crippen LogP contribution is 2.37. The van der Waals surface area contributed by atoms with Gasteiger partial charge < -0.3 is 13.9 Å². The lowest BCUT2D eigenvalue weighted by molar-refractivity contribution is -0.142. The first-order chi connectivity index (χ1) is 7.19. The second-order valence-electron chi connectivity index (χ2n) is 5.69. The van der Waals surface area contributed by atoms with Gasteiger partial charge >= 0.3 is 5.97 Å². The van der Waals surface area contributed by atoms with Crippen molar-refractivity contribution in [3.8, 4) is 0 Å². The molecule has 1 aliphatic heterocycles. The van der Waals surface area contributed by atoms with Crippen LogP contribution >= 0.6 is 0 Å². The van der Waals surface area contributed by atoms with Crippen molar-refractivity contribution in [1.82, 2.24) is 0 Å². The van der Waals surface area contributed by atoms with Crippen molar-refractivity contribution < 1.29 is 18.7 Å². The molecule has 0 bridgehead atoms. The van der Waals surface area contributed by atoms with Crippen LogP contribution in [0, 0.1) is 0 Å². The number of rotatable bonds is 4. The summed E-state index contributed by atoms with van der Waals surface area (Å²) in [5.74, 6) is -0.302. The first kappa shape index (κ1) is 13.7. The average Bonchev–Trinajstić information content (AvgIpc) is 2.91. The first-order valence-corrected chi connectivity index (χ1v) is 8.47.